The van der Waals surface area contributed by atoms with Gasteiger partial charge in [0.2, 0.25) is 6.73 Å². The molecule has 3 atom stereocenters. The monoisotopic (exact) mass is 470 g/mol. The van der Waals surface area contributed by atoms with Crippen molar-refractivity contribution in [3.8, 4) is 0 Å². The lowest BCUT2D eigenvalue weighted by atomic mass is 9.92. The van der Waals surface area contributed by atoms with Crippen LogP contribution in [0.1, 0.15) is 66.8 Å². The van der Waals surface area contributed by atoms with E-state index in [9.17, 15) is 4.79 Å². The highest BCUT2D eigenvalue weighted by molar-refractivity contribution is 6.30. The summed E-state index contributed by atoms with van der Waals surface area (Å²) in [5.74, 6) is -0.986. The highest BCUT2D eigenvalue weighted by atomic mass is 35.5. The second-order valence-electron chi connectivity index (χ2n) is 8.86. The molecule has 0 radical (unpaired) electrons. The fourth-order valence-corrected chi connectivity index (χ4v) is 4.88. The van der Waals surface area contributed by atoms with E-state index in [-0.39, 0.29) is 65.9 Å². The maximum absolute atomic E-state index is 11.6. The number of hydrogen-bond donors (Lipinski definition) is 0. The average Bonchev–Trinajstić information content (AvgIpc) is 3.17. The van der Waals surface area contributed by atoms with Gasteiger partial charge in [-0.1, -0.05) is 47.9 Å². The molecule has 0 unspecified atom stereocenters. The van der Waals surface area contributed by atoms with E-state index in [1.54, 1.807) is 6.07 Å². The third-order valence-corrected chi connectivity index (χ3v) is 6.79. The second-order valence-corrected chi connectivity index (χ2v) is 9.29. The lowest BCUT2D eigenvalue weighted by molar-refractivity contribution is -0.974. The summed E-state index contributed by atoms with van der Waals surface area (Å²) in [5, 5.41) is 0.522. The van der Waals surface area contributed by atoms with Gasteiger partial charge in [0.25, 0.3) is 0 Å². The molecule has 1 fully saturated rings. The summed E-state index contributed by atoms with van der Waals surface area (Å²) in [4.78, 5) is 13.8. The van der Waals surface area contributed by atoms with Gasteiger partial charge in [-0.3, -0.25) is 14.2 Å². The Morgan fingerprint density at radius 1 is 1.32 bits per heavy atom. The molecule has 4 rings (SSSR count). The minimum atomic E-state index is -2.42. The summed E-state index contributed by atoms with van der Waals surface area (Å²) in [6.45, 7) is 3.28. The van der Waals surface area contributed by atoms with Gasteiger partial charge in [-0.15, -0.1) is 0 Å². The summed E-state index contributed by atoms with van der Waals surface area (Å²) in [5.41, 5.74) is 1.17. The normalized spacial score (nSPS) is 31.4. The maximum Gasteiger partial charge on any atom is 0.306 e. The molecule has 4 nitrogen and oxygen atoms in total. The van der Waals surface area contributed by atoms with Crippen LogP contribution in [0, 0.1) is 0 Å². The predicted molar refractivity (Wildman–Crippen MR) is 120 cm³/mol. The van der Waals surface area contributed by atoms with Gasteiger partial charge in [0, 0.05) is 30.5 Å². The Morgan fingerprint density at radius 2 is 2.06 bits per heavy atom. The third kappa shape index (κ3) is 4.63. The van der Waals surface area contributed by atoms with Gasteiger partial charge in [-0.05, 0) is 49.1 Å². The van der Waals surface area contributed by atoms with E-state index in [2.05, 4.69) is 4.90 Å². The Bertz CT molecular complexity index is 1260. The lowest BCUT2D eigenvalue weighted by Crippen LogP contribution is -3.00. The first-order valence-corrected chi connectivity index (χ1v) is 10.5. The van der Waals surface area contributed by atoms with Crippen LogP contribution in [0.25, 0.3) is 0 Å². The SMILES string of the molecule is [2H]c1c([2H])c([2H])c([C@@H]2C[C@@H](N3CC[N@@+](COC(C)=O)(C([2H])([2H])[2H])C(C)(C)C3)c3cc(Cl)ccc32)c([2H])c1[2H].[Cl-]. The van der Waals surface area contributed by atoms with E-state index in [0.717, 1.165) is 11.1 Å². The lowest BCUT2D eigenvalue weighted by Gasteiger charge is -2.53. The van der Waals surface area contributed by atoms with Gasteiger partial charge >= 0.3 is 5.97 Å². The Kier molecular flexibility index (Phi) is 4.49. The van der Waals surface area contributed by atoms with E-state index in [4.69, 9.17) is 27.3 Å². The van der Waals surface area contributed by atoms with Crippen LogP contribution in [0.3, 0.4) is 0 Å². The topological polar surface area (TPSA) is 29.5 Å². The summed E-state index contributed by atoms with van der Waals surface area (Å²) in [6.07, 6.45) is 0.456. The van der Waals surface area contributed by atoms with Crippen molar-refractivity contribution in [3.05, 3.63) is 70.1 Å². The van der Waals surface area contributed by atoms with E-state index in [1.807, 2.05) is 26.0 Å². The fraction of sp³-hybridized carbons (Fsp3) is 0.480. The van der Waals surface area contributed by atoms with Crippen LogP contribution in [0.4, 0.5) is 0 Å². The Balaban J connectivity index is 0.00000420. The molecule has 0 bridgehead atoms. The van der Waals surface area contributed by atoms with Crippen molar-refractivity contribution in [3.63, 3.8) is 0 Å². The smallest absolute Gasteiger partial charge is 0.306 e. The number of fused-ring (bicyclic) bond motifs is 1. The second kappa shape index (κ2) is 9.11. The number of piperazine rings is 1. The maximum atomic E-state index is 11.6. The van der Waals surface area contributed by atoms with Gasteiger partial charge in [0.15, 0.2) is 0 Å². The van der Waals surface area contributed by atoms with E-state index in [0.29, 0.717) is 24.5 Å². The van der Waals surface area contributed by atoms with E-state index in [1.165, 1.54) is 6.92 Å². The standard InChI is InChI=1S/C25H32ClN2O2.ClH/c1-18(29)30-17-28(4)13-12-27(16-25(28,2)3)24-15-22(19-8-6-5-7-9-19)21-11-10-20(26)14-23(21)24;/h5-11,14,22,24H,12-13,15-17H2,1-4H3;1H/q+1;/p-1/t22-,24+,28+;/m0./s1/i4D3,5D,6D,7D,8D,9D;. The van der Waals surface area contributed by atoms with Gasteiger partial charge in [-0.25, -0.2) is 0 Å². The molecule has 2 aliphatic rings. The zero-order valence-electron chi connectivity index (χ0n) is 25.9. The number of esters is 1. The van der Waals surface area contributed by atoms with Gasteiger partial charge < -0.3 is 17.1 Å². The Labute approximate surface area is 208 Å². The summed E-state index contributed by atoms with van der Waals surface area (Å²) >= 11 is 6.38. The van der Waals surface area contributed by atoms with Gasteiger partial charge in [-0.2, -0.15) is 0 Å². The Morgan fingerprint density at radius 3 is 2.71 bits per heavy atom. The Hall–Kier alpha value is -1.59. The molecular formula is C25H32Cl2N2O2. The van der Waals surface area contributed by atoms with Crippen molar-refractivity contribution in [2.75, 3.05) is 33.3 Å². The zero-order chi connectivity index (χ0) is 28.4. The van der Waals surface area contributed by atoms with Crippen LogP contribution >= 0.6 is 11.6 Å². The molecule has 1 saturated heterocycles. The molecule has 6 heteroatoms. The molecule has 2 aromatic carbocycles. The molecule has 1 heterocycles. The molecule has 168 valence electrons. The molecular weight excluding hydrogens is 431 g/mol. The van der Waals surface area contributed by atoms with Crippen LogP contribution in [0.5, 0.6) is 0 Å². The van der Waals surface area contributed by atoms with Crippen molar-refractivity contribution < 1.29 is 37.4 Å². The molecule has 1 aliphatic carbocycles. The van der Waals surface area contributed by atoms with Crippen LogP contribution < -0.4 is 12.4 Å². The predicted octanol–water partition coefficient (Wildman–Crippen LogP) is 1.98. The number of halogens is 2. The first-order valence-electron chi connectivity index (χ1n) is 14.1. The largest absolute Gasteiger partial charge is 1.00 e. The number of carbonyl (C=O) groups is 1. The first kappa shape index (κ1) is 15.3. The van der Waals surface area contributed by atoms with E-state index < -0.39 is 30.4 Å². The van der Waals surface area contributed by atoms with Crippen molar-refractivity contribution in [1.82, 2.24) is 4.90 Å². The summed E-state index contributed by atoms with van der Waals surface area (Å²) < 4.78 is 71.2. The average molecular weight is 471 g/mol. The minimum absolute atomic E-state index is 0. The van der Waals surface area contributed by atoms with Crippen molar-refractivity contribution in [2.24, 2.45) is 0 Å². The third-order valence-electron chi connectivity index (χ3n) is 6.56. The van der Waals surface area contributed by atoms with Crippen LogP contribution in [0.2, 0.25) is 5.02 Å². The number of carbonyl (C=O) groups excluding carboxylic acids is 1. The number of rotatable bonds is 4. The van der Waals surface area contributed by atoms with Gasteiger partial charge in [0.1, 0.15) is 5.54 Å². The summed E-state index contributed by atoms with van der Waals surface area (Å²) in [6, 6.07) is 3.61. The molecule has 1 aliphatic heterocycles. The number of nitrogens with zero attached hydrogens (tertiary/aromatic N) is 2. The number of hydrogen-bond acceptors (Lipinski definition) is 3. The van der Waals surface area contributed by atoms with E-state index >= 15 is 0 Å². The van der Waals surface area contributed by atoms with Crippen molar-refractivity contribution in [1.29, 1.82) is 0 Å². The molecule has 2 aromatic rings. The quantitative estimate of drug-likeness (QED) is 0.505. The number of likely N-dealkylation sites (N-methyl/N-ethyl adjacent to an activating group) is 1. The molecule has 0 saturated carbocycles. The van der Waals surface area contributed by atoms with Crippen molar-refractivity contribution >= 4 is 17.6 Å². The highest BCUT2D eigenvalue weighted by Gasteiger charge is 2.49. The molecule has 0 N–H and O–H groups in total. The van der Waals surface area contributed by atoms with Crippen molar-refractivity contribution in [2.45, 2.75) is 44.7 Å². The molecule has 31 heavy (non-hydrogen) atoms. The van der Waals surface area contributed by atoms with Gasteiger partial charge in [0.05, 0.1) is 31.0 Å². The highest BCUT2D eigenvalue weighted by Crippen LogP contribution is 2.48. The number of quaternary nitrogens is 1. The molecule has 0 amide bonds. The van der Waals surface area contributed by atoms with Crippen LogP contribution in [-0.4, -0.2) is 54.2 Å². The number of ether oxygens (including phenoxy) is 1. The van der Waals surface area contributed by atoms with Crippen LogP contribution in [0.15, 0.2) is 48.4 Å². The summed E-state index contributed by atoms with van der Waals surface area (Å²) in [7, 11) is 0. The fourth-order valence-electron chi connectivity index (χ4n) is 4.70. The zero-order valence-corrected chi connectivity index (χ0v) is 19.4. The minimum Gasteiger partial charge on any atom is -1.00 e. The van der Waals surface area contributed by atoms with Crippen LogP contribution in [-0.2, 0) is 9.53 Å². The number of benzene rings is 2. The first-order chi connectivity index (χ1) is 17.5. The molecule has 0 aromatic heterocycles. The molecule has 0 spiro atoms.